The summed E-state index contributed by atoms with van der Waals surface area (Å²) in [6.45, 7) is 0.116. The van der Waals surface area contributed by atoms with Crippen LogP contribution in [-0.2, 0) is 19.6 Å². The average molecular weight is 390 g/mol. The highest BCUT2D eigenvalue weighted by atomic mass is 32.2. The molecule has 2 unspecified atom stereocenters. The summed E-state index contributed by atoms with van der Waals surface area (Å²) in [6, 6.07) is 6.04. The summed E-state index contributed by atoms with van der Waals surface area (Å²) < 4.78 is 51.3. The van der Waals surface area contributed by atoms with Gasteiger partial charge in [0, 0.05) is 19.5 Å². The molecule has 1 fully saturated rings. The van der Waals surface area contributed by atoms with Gasteiger partial charge in [-0.1, -0.05) is 18.2 Å². The fourth-order valence-electron chi connectivity index (χ4n) is 2.81. The Morgan fingerprint density at radius 3 is 2.50 bits per heavy atom. The first-order valence-corrected chi connectivity index (χ1v) is 9.52. The molecular weight excluding hydrogens is 370 g/mol. The zero-order chi connectivity index (χ0) is 19.3. The van der Waals surface area contributed by atoms with Gasteiger partial charge in [-0.2, -0.15) is 4.31 Å². The monoisotopic (exact) mass is 390 g/mol. The van der Waals surface area contributed by atoms with E-state index in [-0.39, 0.29) is 18.0 Å². The number of sulfonamides is 1. The number of rotatable bonds is 7. The highest BCUT2D eigenvalue weighted by molar-refractivity contribution is 7.89. The second-order valence-electron chi connectivity index (χ2n) is 6.04. The SMILES string of the molecule is O=C(NC(CC(F)F)C(=O)O)C1CCCN(S(=O)(=O)c2ccccc2)C1. The smallest absolute Gasteiger partial charge is 0.326 e. The number of piperidine rings is 1. The van der Waals surface area contributed by atoms with Crippen LogP contribution < -0.4 is 5.32 Å². The van der Waals surface area contributed by atoms with Crippen LogP contribution in [0.5, 0.6) is 0 Å². The molecule has 10 heteroatoms. The van der Waals surface area contributed by atoms with E-state index in [1.165, 1.54) is 16.4 Å². The molecule has 0 saturated carbocycles. The molecule has 0 bridgehead atoms. The summed E-state index contributed by atoms with van der Waals surface area (Å²) in [5.41, 5.74) is 0. The molecule has 0 radical (unpaired) electrons. The average Bonchev–Trinajstić information content (AvgIpc) is 2.61. The lowest BCUT2D eigenvalue weighted by atomic mass is 9.98. The summed E-state index contributed by atoms with van der Waals surface area (Å²) in [6.07, 6.45) is -3.11. The maximum Gasteiger partial charge on any atom is 0.326 e. The van der Waals surface area contributed by atoms with E-state index < -0.39 is 46.7 Å². The highest BCUT2D eigenvalue weighted by Gasteiger charge is 2.35. The van der Waals surface area contributed by atoms with Crippen molar-refractivity contribution in [1.82, 2.24) is 9.62 Å². The highest BCUT2D eigenvalue weighted by Crippen LogP contribution is 2.24. The van der Waals surface area contributed by atoms with E-state index in [4.69, 9.17) is 5.11 Å². The van der Waals surface area contributed by atoms with E-state index in [9.17, 15) is 26.8 Å². The quantitative estimate of drug-likeness (QED) is 0.731. The normalized spacial score (nSPS) is 19.9. The van der Waals surface area contributed by atoms with Gasteiger partial charge in [0.1, 0.15) is 6.04 Å². The summed E-state index contributed by atoms with van der Waals surface area (Å²) in [7, 11) is -3.78. The van der Waals surface area contributed by atoms with Crippen LogP contribution in [-0.4, -0.2) is 55.3 Å². The van der Waals surface area contributed by atoms with Gasteiger partial charge in [-0.05, 0) is 25.0 Å². The van der Waals surface area contributed by atoms with Crippen molar-refractivity contribution in [3.63, 3.8) is 0 Å². The second-order valence-corrected chi connectivity index (χ2v) is 7.98. The zero-order valence-electron chi connectivity index (χ0n) is 13.8. The number of halogens is 2. The molecule has 7 nitrogen and oxygen atoms in total. The van der Waals surface area contributed by atoms with Crippen LogP contribution in [0.3, 0.4) is 0 Å². The zero-order valence-corrected chi connectivity index (χ0v) is 14.7. The van der Waals surface area contributed by atoms with Gasteiger partial charge >= 0.3 is 5.97 Å². The minimum Gasteiger partial charge on any atom is -0.480 e. The molecule has 2 atom stereocenters. The summed E-state index contributed by atoms with van der Waals surface area (Å²) in [5.74, 6) is -3.07. The Bertz CT molecular complexity index is 742. The third kappa shape index (κ3) is 4.98. The predicted molar refractivity (Wildman–Crippen MR) is 88.1 cm³/mol. The minimum absolute atomic E-state index is 0.0992. The summed E-state index contributed by atoms with van der Waals surface area (Å²) in [5, 5.41) is 11.0. The van der Waals surface area contributed by atoms with Crippen LogP contribution >= 0.6 is 0 Å². The Labute approximate surface area is 150 Å². The topological polar surface area (TPSA) is 104 Å². The maximum absolute atomic E-state index is 12.6. The van der Waals surface area contributed by atoms with Crippen molar-refractivity contribution in [2.45, 2.75) is 36.6 Å². The van der Waals surface area contributed by atoms with Crippen LogP contribution in [0.15, 0.2) is 35.2 Å². The van der Waals surface area contributed by atoms with Crippen molar-refractivity contribution in [1.29, 1.82) is 0 Å². The number of amides is 1. The molecule has 1 heterocycles. The number of alkyl halides is 2. The van der Waals surface area contributed by atoms with E-state index >= 15 is 0 Å². The largest absolute Gasteiger partial charge is 0.480 e. The van der Waals surface area contributed by atoms with Gasteiger partial charge in [-0.25, -0.2) is 22.0 Å². The van der Waals surface area contributed by atoms with Crippen LogP contribution in [0.4, 0.5) is 8.78 Å². The van der Waals surface area contributed by atoms with Gasteiger partial charge in [0.2, 0.25) is 22.4 Å². The molecule has 26 heavy (non-hydrogen) atoms. The Balaban J connectivity index is 2.07. The number of benzene rings is 1. The van der Waals surface area contributed by atoms with Crippen LogP contribution in [0, 0.1) is 5.92 Å². The van der Waals surface area contributed by atoms with E-state index in [0.29, 0.717) is 12.8 Å². The van der Waals surface area contributed by atoms with Gasteiger partial charge in [0.15, 0.2) is 0 Å². The molecule has 1 aromatic rings. The third-order valence-corrected chi connectivity index (χ3v) is 6.04. The van der Waals surface area contributed by atoms with Crippen molar-refractivity contribution < 1.29 is 31.9 Å². The van der Waals surface area contributed by atoms with Crippen LogP contribution in [0.25, 0.3) is 0 Å². The summed E-state index contributed by atoms with van der Waals surface area (Å²) >= 11 is 0. The second kappa shape index (κ2) is 8.54. The molecule has 0 aromatic heterocycles. The molecule has 1 amide bonds. The number of carboxylic acid groups (broad SMARTS) is 1. The Morgan fingerprint density at radius 1 is 1.27 bits per heavy atom. The van der Waals surface area contributed by atoms with E-state index in [0.717, 1.165) is 0 Å². The molecule has 0 spiro atoms. The van der Waals surface area contributed by atoms with Crippen LogP contribution in [0.1, 0.15) is 19.3 Å². The molecule has 2 rings (SSSR count). The van der Waals surface area contributed by atoms with Gasteiger partial charge < -0.3 is 10.4 Å². The van der Waals surface area contributed by atoms with Crippen LogP contribution in [0.2, 0.25) is 0 Å². The van der Waals surface area contributed by atoms with Gasteiger partial charge in [0.25, 0.3) is 0 Å². The van der Waals surface area contributed by atoms with Crippen molar-refractivity contribution in [3.8, 4) is 0 Å². The maximum atomic E-state index is 12.6. The third-order valence-electron chi connectivity index (χ3n) is 4.16. The number of carboxylic acids is 1. The van der Waals surface area contributed by atoms with Crippen molar-refractivity contribution in [3.05, 3.63) is 30.3 Å². The van der Waals surface area contributed by atoms with E-state index in [2.05, 4.69) is 5.32 Å². The lowest BCUT2D eigenvalue weighted by Crippen LogP contribution is -2.49. The van der Waals surface area contributed by atoms with Gasteiger partial charge in [-0.15, -0.1) is 0 Å². The fourth-order valence-corrected chi connectivity index (χ4v) is 4.35. The molecular formula is C16H20F2N2O5S. The number of hydrogen-bond acceptors (Lipinski definition) is 4. The molecule has 1 aliphatic heterocycles. The Kier molecular flexibility index (Phi) is 6.65. The fraction of sp³-hybridized carbons (Fsp3) is 0.500. The van der Waals surface area contributed by atoms with Crippen molar-refractivity contribution >= 4 is 21.9 Å². The predicted octanol–water partition coefficient (Wildman–Crippen LogP) is 1.31. The number of aliphatic carboxylic acids is 1. The lowest BCUT2D eigenvalue weighted by molar-refractivity contribution is -0.143. The molecule has 144 valence electrons. The number of nitrogens with zero attached hydrogens (tertiary/aromatic N) is 1. The Hall–Kier alpha value is -2.07. The first-order valence-electron chi connectivity index (χ1n) is 8.08. The van der Waals surface area contributed by atoms with E-state index in [1.54, 1.807) is 18.2 Å². The minimum atomic E-state index is -3.78. The lowest BCUT2D eigenvalue weighted by Gasteiger charge is -2.31. The van der Waals surface area contributed by atoms with Gasteiger partial charge in [-0.3, -0.25) is 4.79 Å². The Morgan fingerprint density at radius 2 is 1.92 bits per heavy atom. The molecule has 0 aliphatic carbocycles. The summed E-state index contributed by atoms with van der Waals surface area (Å²) in [4.78, 5) is 23.4. The molecule has 1 aromatic carbocycles. The van der Waals surface area contributed by atoms with Gasteiger partial charge in [0.05, 0.1) is 10.8 Å². The van der Waals surface area contributed by atoms with Crippen molar-refractivity contribution in [2.24, 2.45) is 5.92 Å². The molecule has 1 saturated heterocycles. The number of carbonyl (C=O) groups is 2. The number of hydrogen-bond donors (Lipinski definition) is 2. The molecule has 1 aliphatic rings. The number of carbonyl (C=O) groups excluding carboxylic acids is 1. The van der Waals surface area contributed by atoms with E-state index in [1.807, 2.05) is 0 Å². The standard InChI is InChI=1S/C16H20F2N2O5S/c17-14(18)9-13(16(22)23)19-15(21)11-5-4-8-20(10-11)26(24,25)12-6-2-1-3-7-12/h1-3,6-7,11,13-14H,4-5,8-10H2,(H,19,21)(H,22,23). The number of nitrogens with one attached hydrogen (secondary N) is 1. The molecule has 2 N–H and O–H groups in total. The first kappa shape index (κ1) is 20.2. The van der Waals surface area contributed by atoms with Crippen molar-refractivity contribution in [2.75, 3.05) is 13.1 Å². The first-order chi connectivity index (χ1) is 12.2.